The zero-order valence-corrected chi connectivity index (χ0v) is 17.4. The van der Waals surface area contributed by atoms with E-state index in [1.165, 1.54) is 19.3 Å². The summed E-state index contributed by atoms with van der Waals surface area (Å²) in [6.07, 6.45) is 6.40. The van der Waals surface area contributed by atoms with Crippen LogP contribution in [0.5, 0.6) is 17.2 Å². The molecule has 7 nitrogen and oxygen atoms in total. The summed E-state index contributed by atoms with van der Waals surface area (Å²) >= 11 is 1.59. The molecule has 1 aliphatic carbocycles. The van der Waals surface area contributed by atoms with Gasteiger partial charge in [0.25, 0.3) is 0 Å². The summed E-state index contributed by atoms with van der Waals surface area (Å²) < 4.78 is 18.7. The van der Waals surface area contributed by atoms with Crippen molar-refractivity contribution in [3.63, 3.8) is 0 Å². The van der Waals surface area contributed by atoms with E-state index in [0.29, 0.717) is 35.5 Å². The molecule has 0 bridgehead atoms. The van der Waals surface area contributed by atoms with Crippen molar-refractivity contribution in [1.82, 2.24) is 14.8 Å². The van der Waals surface area contributed by atoms with Crippen molar-refractivity contribution in [2.24, 2.45) is 0 Å². The van der Waals surface area contributed by atoms with Crippen LogP contribution in [0.4, 0.5) is 0 Å². The Kier molecular flexibility index (Phi) is 7.04. The van der Waals surface area contributed by atoms with Crippen LogP contribution in [0.15, 0.2) is 17.3 Å². The van der Waals surface area contributed by atoms with Crippen LogP contribution in [0.1, 0.15) is 44.6 Å². The fourth-order valence-corrected chi connectivity index (χ4v) is 4.49. The number of hydrogen-bond donors (Lipinski definition) is 0. The molecule has 0 unspecified atom stereocenters. The number of methoxy groups -OCH3 is 3. The Hall–Kier alpha value is -2.40. The van der Waals surface area contributed by atoms with Crippen LogP contribution in [0.25, 0.3) is 11.4 Å². The van der Waals surface area contributed by atoms with Gasteiger partial charge in [0.15, 0.2) is 22.5 Å². The minimum atomic E-state index is 0.363. The van der Waals surface area contributed by atoms with Crippen LogP contribution in [-0.2, 0) is 0 Å². The van der Waals surface area contributed by atoms with Crippen molar-refractivity contribution in [1.29, 1.82) is 5.26 Å². The second-order valence-corrected chi connectivity index (χ2v) is 7.70. The van der Waals surface area contributed by atoms with Crippen LogP contribution < -0.4 is 14.2 Å². The highest BCUT2D eigenvalue weighted by Gasteiger charge is 2.25. The molecule has 0 amide bonds. The lowest BCUT2D eigenvalue weighted by Crippen LogP contribution is -2.15. The monoisotopic (exact) mass is 402 g/mol. The standard InChI is InChI=1S/C20H26N4O3S/c1-25-16-12-14(13-17(26-2)18(16)27-3)19-22-23-20(28-11-7-10-21)24(19)15-8-5-4-6-9-15/h12-13,15H,4-9,11H2,1-3H3. The van der Waals surface area contributed by atoms with Gasteiger partial charge in [0, 0.05) is 23.8 Å². The van der Waals surface area contributed by atoms with Crippen molar-refractivity contribution >= 4 is 11.8 Å². The zero-order chi connectivity index (χ0) is 19.9. The van der Waals surface area contributed by atoms with E-state index in [9.17, 15) is 0 Å². The van der Waals surface area contributed by atoms with Crippen LogP contribution in [0, 0.1) is 11.3 Å². The number of nitriles is 1. The quantitative estimate of drug-likeness (QED) is 0.475. The Balaban J connectivity index is 2.06. The summed E-state index contributed by atoms with van der Waals surface area (Å²) in [5.74, 6) is 3.24. The molecule has 1 aromatic carbocycles. The fourth-order valence-electron chi connectivity index (χ4n) is 3.64. The molecule has 150 valence electrons. The second kappa shape index (κ2) is 9.69. The lowest BCUT2D eigenvalue weighted by Gasteiger charge is -2.26. The van der Waals surface area contributed by atoms with E-state index in [0.717, 1.165) is 29.4 Å². The molecule has 0 spiro atoms. The molecular weight excluding hydrogens is 376 g/mol. The SMILES string of the molecule is COc1cc(-c2nnc(SCCC#N)n2C2CCCCC2)cc(OC)c1OC. The third-order valence-electron chi connectivity index (χ3n) is 4.97. The molecule has 0 N–H and O–H groups in total. The van der Waals surface area contributed by atoms with Gasteiger partial charge >= 0.3 is 0 Å². The van der Waals surface area contributed by atoms with Gasteiger partial charge in [0.2, 0.25) is 5.75 Å². The van der Waals surface area contributed by atoms with Gasteiger partial charge in [-0.25, -0.2) is 0 Å². The highest BCUT2D eigenvalue weighted by Crippen LogP contribution is 2.42. The van der Waals surface area contributed by atoms with Gasteiger partial charge in [-0.15, -0.1) is 10.2 Å². The van der Waals surface area contributed by atoms with E-state index in [1.54, 1.807) is 33.1 Å². The van der Waals surface area contributed by atoms with Crippen molar-refractivity contribution in [2.75, 3.05) is 27.1 Å². The van der Waals surface area contributed by atoms with E-state index >= 15 is 0 Å². The number of aromatic nitrogens is 3. The van der Waals surface area contributed by atoms with Gasteiger partial charge in [0.05, 0.1) is 27.4 Å². The highest BCUT2D eigenvalue weighted by molar-refractivity contribution is 7.99. The lowest BCUT2D eigenvalue weighted by atomic mass is 9.95. The van der Waals surface area contributed by atoms with E-state index in [1.807, 2.05) is 12.1 Å². The van der Waals surface area contributed by atoms with Crippen molar-refractivity contribution in [3.8, 4) is 34.7 Å². The summed E-state index contributed by atoms with van der Waals surface area (Å²) in [5.41, 5.74) is 0.875. The van der Waals surface area contributed by atoms with E-state index in [4.69, 9.17) is 19.5 Å². The van der Waals surface area contributed by atoms with Gasteiger partial charge in [-0.1, -0.05) is 31.0 Å². The summed E-state index contributed by atoms with van der Waals surface area (Å²) in [4.78, 5) is 0. The second-order valence-electron chi connectivity index (χ2n) is 6.64. The number of ether oxygens (including phenoxy) is 3. The minimum Gasteiger partial charge on any atom is -0.493 e. The van der Waals surface area contributed by atoms with Crippen molar-refractivity contribution in [2.45, 2.75) is 49.7 Å². The van der Waals surface area contributed by atoms with Crippen LogP contribution >= 0.6 is 11.8 Å². The fraction of sp³-hybridized carbons (Fsp3) is 0.550. The Morgan fingerprint density at radius 1 is 1.07 bits per heavy atom. The number of nitrogens with zero attached hydrogens (tertiary/aromatic N) is 4. The number of benzene rings is 1. The number of rotatable bonds is 8. The van der Waals surface area contributed by atoms with Crippen molar-refractivity contribution in [3.05, 3.63) is 12.1 Å². The van der Waals surface area contributed by atoms with E-state index in [-0.39, 0.29) is 0 Å². The summed E-state index contributed by atoms with van der Waals surface area (Å²) in [6, 6.07) is 6.38. The lowest BCUT2D eigenvalue weighted by molar-refractivity contribution is 0.324. The van der Waals surface area contributed by atoms with Gasteiger partial charge in [-0.05, 0) is 25.0 Å². The molecule has 1 aromatic heterocycles. The average Bonchev–Trinajstić information content (AvgIpc) is 3.17. The van der Waals surface area contributed by atoms with Gasteiger partial charge < -0.3 is 14.2 Å². The minimum absolute atomic E-state index is 0.363. The number of hydrogen-bond acceptors (Lipinski definition) is 7. The Bertz CT molecular complexity index is 815. The molecule has 1 aliphatic rings. The summed E-state index contributed by atoms with van der Waals surface area (Å²) in [6.45, 7) is 0. The third-order valence-corrected chi connectivity index (χ3v) is 5.92. The maximum Gasteiger partial charge on any atom is 0.203 e. The molecule has 1 saturated carbocycles. The first-order valence-corrected chi connectivity index (χ1v) is 10.5. The van der Waals surface area contributed by atoms with Gasteiger partial charge in [-0.3, -0.25) is 4.57 Å². The first-order chi connectivity index (χ1) is 13.7. The Morgan fingerprint density at radius 3 is 2.32 bits per heavy atom. The largest absolute Gasteiger partial charge is 0.493 e. The third kappa shape index (κ3) is 4.20. The zero-order valence-electron chi connectivity index (χ0n) is 16.6. The molecule has 3 rings (SSSR count). The van der Waals surface area contributed by atoms with Crippen LogP contribution in [-0.4, -0.2) is 41.8 Å². The topological polar surface area (TPSA) is 82.2 Å². The molecule has 0 radical (unpaired) electrons. The van der Waals surface area contributed by atoms with E-state index < -0.39 is 0 Å². The smallest absolute Gasteiger partial charge is 0.203 e. The summed E-state index contributed by atoms with van der Waals surface area (Å²) in [7, 11) is 4.81. The predicted octanol–water partition coefficient (Wildman–Crippen LogP) is 4.48. The van der Waals surface area contributed by atoms with Crippen LogP contribution in [0.2, 0.25) is 0 Å². The maximum atomic E-state index is 8.86. The molecule has 8 heteroatoms. The van der Waals surface area contributed by atoms with Crippen LogP contribution in [0.3, 0.4) is 0 Å². The summed E-state index contributed by atoms with van der Waals surface area (Å²) in [5, 5.41) is 18.7. The Morgan fingerprint density at radius 2 is 1.75 bits per heavy atom. The molecule has 28 heavy (non-hydrogen) atoms. The highest BCUT2D eigenvalue weighted by atomic mass is 32.2. The molecule has 0 aliphatic heterocycles. The van der Waals surface area contributed by atoms with E-state index in [2.05, 4.69) is 20.8 Å². The first kappa shape index (κ1) is 20.3. The first-order valence-electron chi connectivity index (χ1n) is 9.48. The molecule has 0 atom stereocenters. The van der Waals surface area contributed by atoms with Gasteiger partial charge in [0.1, 0.15) is 0 Å². The molecular formula is C20H26N4O3S. The predicted molar refractivity (Wildman–Crippen MR) is 108 cm³/mol. The normalized spacial score (nSPS) is 14.5. The maximum absolute atomic E-state index is 8.86. The molecule has 2 aromatic rings. The van der Waals surface area contributed by atoms with Gasteiger partial charge in [-0.2, -0.15) is 5.26 Å². The Labute approximate surface area is 170 Å². The average molecular weight is 403 g/mol. The molecule has 1 fully saturated rings. The molecule has 0 saturated heterocycles. The van der Waals surface area contributed by atoms with Crippen molar-refractivity contribution < 1.29 is 14.2 Å². The number of thioether (sulfide) groups is 1. The molecule has 1 heterocycles.